The molecule has 0 bridgehead atoms. The van der Waals surface area contributed by atoms with Crippen molar-refractivity contribution < 1.29 is 5.11 Å². The summed E-state index contributed by atoms with van der Waals surface area (Å²) < 4.78 is 0. The van der Waals surface area contributed by atoms with Gasteiger partial charge in [-0.25, -0.2) is 0 Å². The highest BCUT2D eigenvalue weighted by Crippen LogP contribution is 2.08. The average Bonchev–Trinajstić information content (AvgIpc) is 2.09. The molecule has 0 saturated heterocycles. The quantitative estimate of drug-likeness (QED) is 0.581. The monoisotopic (exact) mass is 162 g/mol. The van der Waals surface area contributed by atoms with Crippen molar-refractivity contribution in [3.05, 3.63) is 29.8 Å². The molecule has 0 unspecified atom stereocenters. The molecule has 0 heterocycles. The Bertz CT molecular complexity index is 279. The molecule has 0 amide bonds. The van der Waals surface area contributed by atoms with Crippen LogP contribution in [0.1, 0.15) is 26.3 Å². The Morgan fingerprint density at radius 2 is 1.92 bits per heavy atom. The maximum atomic E-state index is 8.97. The molecular weight excluding hydrogens is 148 g/mol. The molecule has 0 aliphatic heterocycles. The Morgan fingerprint density at radius 3 is 2.42 bits per heavy atom. The van der Waals surface area contributed by atoms with E-state index in [1.165, 1.54) is 0 Å². The molecule has 1 heteroatoms. The Morgan fingerprint density at radius 1 is 1.25 bits per heavy atom. The molecule has 0 atom stereocenters. The minimum atomic E-state index is 0.264. The highest BCUT2D eigenvalue weighted by molar-refractivity contribution is 5.38. The van der Waals surface area contributed by atoms with Gasteiger partial charge in [-0.15, -0.1) is 5.92 Å². The summed E-state index contributed by atoms with van der Waals surface area (Å²) in [6.07, 6.45) is 0. The van der Waals surface area contributed by atoms with Gasteiger partial charge >= 0.3 is 0 Å². The summed E-state index contributed by atoms with van der Waals surface area (Å²) in [7, 11) is 0. The lowest BCUT2D eigenvalue weighted by Gasteiger charge is -1.90. The van der Waals surface area contributed by atoms with Crippen LogP contribution < -0.4 is 0 Å². The molecule has 0 spiro atoms. The van der Waals surface area contributed by atoms with Crippen molar-refractivity contribution in [3.63, 3.8) is 0 Å². The highest BCUT2D eigenvalue weighted by atomic mass is 16.3. The second-order valence-corrected chi connectivity index (χ2v) is 1.93. The van der Waals surface area contributed by atoms with Crippen LogP contribution in [0.3, 0.4) is 0 Å². The van der Waals surface area contributed by atoms with Crippen LogP contribution in [0.15, 0.2) is 24.3 Å². The van der Waals surface area contributed by atoms with Gasteiger partial charge in [0.1, 0.15) is 5.75 Å². The molecule has 0 aliphatic carbocycles. The molecule has 1 N–H and O–H groups in total. The molecule has 1 rings (SSSR count). The maximum absolute atomic E-state index is 8.97. The molecule has 1 aromatic carbocycles. The van der Waals surface area contributed by atoms with Crippen LogP contribution in [0, 0.1) is 11.8 Å². The van der Waals surface area contributed by atoms with Crippen molar-refractivity contribution in [1.29, 1.82) is 0 Å². The lowest BCUT2D eigenvalue weighted by molar-refractivity contribution is 0.475. The van der Waals surface area contributed by atoms with E-state index in [9.17, 15) is 0 Å². The van der Waals surface area contributed by atoms with E-state index in [0.29, 0.717) is 0 Å². The maximum Gasteiger partial charge on any atom is 0.116 e. The molecule has 0 aliphatic rings. The molecule has 0 fully saturated rings. The molecule has 12 heavy (non-hydrogen) atoms. The van der Waals surface area contributed by atoms with Gasteiger partial charge in [-0.05, 0) is 25.1 Å². The van der Waals surface area contributed by atoms with Gasteiger partial charge in [-0.2, -0.15) is 0 Å². The topological polar surface area (TPSA) is 20.2 Å². The molecule has 64 valence electrons. The zero-order valence-corrected chi connectivity index (χ0v) is 7.76. The highest BCUT2D eigenvalue weighted by Gasteiger charge is 1.86. The van der Waals surface area contributed by atoms with E-state index >= 15 is 0 Å². The van der Waals surface area contributed by atoms with E-state index in [1.807, 2.05) is 19.9 Å². The fourth-order valence-corrected chi connectivity index (χ4v) is 0.728. The minimum absolute atomic E-state index is 0.264. The Hall–Kier alpha value is -1.42. The molecule has 1 aromatic rings. The number of benzene rings is 1. The Labute approximate surface area is 74.1 Å². The van der Waals surface area contributed by atoms with Gasteiger partial charge in [0.25, 0.3) is 0 Å². The van der Waals surface area contributed by atoms with Crippen LogP contribution in [0.25, 0.3) is 0 Å². The SMILES string of the molecule is CC.CC#Cc1cccc(O)c1. The van der Waals surface area contributed by atoms with Gasteiger partial charge in [-0.1, -0.05) is 25.8 Å². The third-order valence-corrected chi connectivity index (χ3v) is 1.12. The van der Waals surface area contributed by atoms with E-state index in [1.54, 1.807) is 25.1 Å². The number of phenols is 1. The third kappa shape index (κ3) is 3.68. The van der Waals surface area contributed by atoms with Gasteiger partial charge in [0.05, 0.1) is 0 Å². The first kappa shape index (κ1) is 10.6. The van der Waals surface area contributed by atoms with Crippen LogP contribution in [0.5, 0.6) is 5.75 Å². The van der Waals surface area contributed by atoms with Crippen molar-refractivity contribution in [2.24, 2.45) is 0 Å². The van der Waals surface area contributed by atoms with Crippen LogP contribution in [0.4, 0.5) is 0 Å². The number of phenolic OH excluding ortho intramolecular Hbond substituents is 1. The average molecular weight is 162 g/mol. The van der Waals surface area contributed by atoms with Crippen molar-refractivity contribution in [1.82, 2.24) is 0 Å². The summed E-state index contributed by atoms with van der Waals surface area (Å²) in [5, 5.41) is 8.97. The van der Waals surface area contributed by atoms with Crippen LogP contribution in [-0.4, -0.2) is 5.11 Å². The summed E-state index contributed by atoms with van der Waals surface area (Å²) in [4.78, 5) is 0. The van der Waals surface area contributed by atoms with Crippen molar-refractivity contribution >= 4 is 0 Å². The molecule has 0 saturated carbocycles. The third-order valence-electron chi connectivity index (χ3n) is 1.12. The second-order valence-electron chi connectivity index (χ2n) is 1.93. The minimum Gasteiger partial charge on any atom is -0.508 e. The summed E-state index contributed by atoms with van der Waals surface area (Å²) in [6, 6.07) is 6.89. The fourth-order valence-electron chi connectivity index (χ4n) is 0.728. The van der Waals surface area contributed by atoms with Gasteiger partial charge in [0.15, 0.2) is 0 Å². The van der Waals surface area contributed by atoms with Gasteiger partial charge in [0, 0.05) is 5.56 Å². The largest absolute Gasteiger partial charge is 0.508 e. The van der Waals surface area contributed by atoms with Crippen LogP contribution in [0.2, 0.25) is 0 Å². The summed E-state index contributed by atoms with van der Waals surface area (Å²) in [5.41, 5.74) is 0.850. The standard InChI is InChI=1S/C9H8O.C2H6/c1-2-4-8-5-3-6-9(10)7-8;1-2/h3,5-7,10H,1H3;1-2H3. The normalized spacial score (nSPS) is 7.25. The van der Waals surface area contributed by atoms with Gasteiger partial charge in [-0.3, -0.25) is 0 Å². The summed E-state index contributed by atoms with van der Waals surface area (Å²) in [5.74, 6) is 5.85. The summed E-state index contributed by atoms with van der Waals surface area (Å²) in [6.45, 7) is 5.77. The number of rotatable bonds is 0. The van der Waals surface area contributed by atoms with Gasteiger partial charge < -0.3 is 5.11 Å². The van der Waals surface area contributed by atoms with Crippen molar-refractivity contribution in [2.75, 3.05) is 0 Å². The van der Waals surface area contributed by atoms with E-state index in [0.717, 1.165) is 5.56 Å². The first-order chi connectivity index (χ1) is 5.83. The second kappa shape index (κ2) is 6.30. The molecule has 0 radical (unpaired) electrons. The van der Waals surface area contributed by atoms with E-state index < -0.39 is 0 Å². The lowest BCUT2D eigenvalue weighted by Crippen LogP contribution is -1.70. The predicted octanol–water partition coefficient (Wildman–Crippen LogP) is 2.79. The van der Waals surface area contributed by atoms with E-state index in [4.69, 9.17) is 5.11 Å². The molecule has 0 aromatic heterocycles. The zero-order valence-electron chi connectivity index (χ0n) is 7.76. The number of hydrogen-bond donors (Lipinski definition) is 1. The number of aromatic hydroxyl groups is 1. The number of hydrogen-bond acceptors (Lipinski definition) is 1. The molecule has 1 nitrogen and oxygen atoms in total. The smallest absolute Gasteiger partial charge is 0.116 e. The van der Waals surface area contributed by atoms with E-state index in [2.05, 4.69) is 11.8 Å². The fraction of sp³-hybridized carbons (Fsp3) is 0.273. The van der Waals surface area contributed by atoms with Crippen molar-refractivity contribution in [3.8, 4) is 17.6 Å². The van der Waals surface area contributed by atoms with Crippen LogP contribution in [-0.2, 0) is 0 Å². The first-order valence-corrected chi connectivity index (χ1v) is 4.04. The summed E-state index contributed by atoms with van der Waals surface area (Å²) >= 11 is 0. The zero-order chi connectivity index (χ0) is 9.40. The first-order valence-electron chi connectivity index (χ1n) is 4.04. The van der Waals surface area contributed by atoms with Gasteiger partial charge in [0.2, 0.25) is 0 Å². The predicted molar refractivity (Wildman–Crippen MR) is 52.0 cm³/mol. The lowest BCUT2D eigenvalue weighted by atomic mass is 10.2. The molecular formula is C11H14O. The Kier molecular flexibility index (Phi) is 5.55. The van der Waals surface area contributed by atoms with Crippen molar-refractivity contribution in [2.45, 2.75) is 20.8 Å². The van der Waals surface area contributed by atoms with Crippen LogP contribution >= 0.6 is 0 Å². The Balaban J connectivity index is 0.000000561. The van der Waals surface area contributed by atoms with E-state index in [-0.39, 0.29) is 5.75 Å².